The van der Waals surface area contributed by atoms with Gasteiger partial charge in [-0.1, -0.05) is 13.3 Å². The van der Waals surface area contributed by atoms with Crippen molar-refractivity contribution in [1.82, 2.24) is 4.90 Å². The van der Waals surface area contributed by atoms with Gasteiger partial charge in [0.25, 0.3) is 5.91 Å². The van der Waals surface area contributed by atoms with E-state index in [0.717, 1.165) is 12.8 Å². The van der Waals surface area contributed by atoms with Crippen LogP contribution in [0.5, 0.6) is 0 Å². The first-order valence-electron chi connectivity index (χ1n) is 10.7. The van der Waals surface area contributed by atoms with Gasteiger partial charge in [-0.2, -0.15) is 0 Å². The molecule has 1 aromatic carbocycles. The summed E-state index contributed by atoms with van der Waals surface area (Å²) in [5, 5.41) is 0. The molecule has 3 aliphatic rings. The number of anilines is 1. The fourth-order valence-electron chi connectivity index (χ4n) is 4.27. The third-order valence-corrected chi connectivity index (χ3v) is 6.03. The molecule has 0 radical (unpaired) electrons. The predicted octanol–water partition coefficient (Wildman–Crippen LogP) is 2.11. The lowest BCUT2D eigenvalue weighted by molar-refractivity contribution is -0.188. The third-order valence-electron chi connectivity index (χ3n) is 6.03. The van der Waals surface area contributed by atoms with Crippen molar-refractivity contribution in [3.05, 3.63) is 29.8 Å². The number of amides is 2. The molecule has 30 heavy (non-hydrogen) atoms. The highest BCUT2D eigenvalue weighted by Crippen LogP contribution is 2.34. The summed E-state index contributed by atoms with van der Waals surface area (Å²) >= 11 is 0. The Labute approximate surface area is 176 Å². The van der Waals surface area contributed by atoms with Gasteiger partial charge in [0.15, 0.2) is 5.79 Å². The predicted molar refractivity (Wildman–Crippen MR) is 108 cm³/mol. The summed E-state index contributed by atoms with van der Waals surface area (Å²) in [6.45, 7) is 4.93. The normalized spacial score (nSPS) is 24.0. The van der Waals surface area contributed by atoms with Crippen LogP contribution in [0, 0.1) is 0 Å². The SMILES string of the molecule is CCCCOC(=O)c1ccc(N2C(=O)CC(N3CCC4(CC3)OCCO4)C2=O)cc1. The second-order valence-electron chi connectivity index (χ2n) is 7.97. The Hall–Kier alpha value is -2.29. The van der Waals surface area contributed by atoms with Crippen LogP contribution < -0.4 is 4.90 Å². The fourth-order valence-corrected chi connectivity index (χ4v) is 4.27. The summed E-state index contributed by atoms with van der Waals surface area (Å²) in [4.78, 5) is 41.0. The van der Waals surface area contributed by atoms with Gasteiger partial charge < -0.3 is 14.2 Å². The number of carbonyl (C=O) groups is 3. The first kappa shape index (κ1) is 21.0. The number of carbonyl (C=O) groups excluding carboxylic acids is 3. The van der Waals surface area contributed by atoms with E-state index in [4.69, 9.17) is 14.2 Å². The van der Waals surface area contributed by atoms with Gasteiger partial charge in [-0.3, -0.25) is 14.5 Å². The van der Waals surface area contributed by atoms with E-state index in [1.807, 2.05) is 6.92 Å². The molecule has 3 heterocycles. The number of hydrogen-bond donors (Lipinski definition) is 0. The van der Waals surface area contributed by atoms with Gasteiger partial charge in [0, 0.05) is 25.9 Å². The highest BCUT2D eigenvalue weighted by atomic mass is 16.7. The summed E-state index contributed by atoms with van der Waals surface area (Å²) in [5.41, 5.74) is 0.886. The summed E-state index contributed by atoms with van der Waals surface area (Å²) in [6, 6.07) is 5.98. The Morgan fingerprint density at radius 1 is 1.13 bits per heavy atom. The monoisotopic (exact) mass is 416 g/mol. The number of benzene rings is 1. The first-order chi connectivity index (χ1) is 14.5. The molecule has 0 aliphatic carbocycles. The molecule has 0 bridgehead atoms. The molecule has 8 heteroatoms. The van der Waals surface area contributed by atoms with E-state index in [1.165, 1.54) is 4.90 Å². The number of unbranched alkanes of at least 4 members (excludes halogenated alkanes) is 1. The van der Waals surface area contributed by atoms with Gasteiger partial charge in [0.1, 0.15) is 0 Å². The molecule has 162 valence electrons. The zero-order valence-electron chi connectivity index (χ0n) is 17.3. The average molecular weight is 416 g/mol. The van der Waals surface area contributed by atoms with E-state index in [2.05, 4.69) is 4.90 Å². The highest BCUT2D eigenvalue weighted by Gasteiger charge is 2.47. The van der Waals surface area contributed by atoms with Crippen molar-refractivity contribution in [3.63, 3.8) is 0 Å². The van der Waals surface area contributed by atoms with Gasteiger partial charge in [0.2, 0.25) is 5.91 Å². The Bertz CT molecular complexity index is 792. The number of ether oxygens (including phenoxy) is 3. The molecule has 1 aromatic rings. The van der Waals surface area contributed by atoms with Crippen molar-refractivity contribution in [1.29, 1.82) is 0 Å². The number of esters is 1. The maximum atomic E-state index is 13.0. The van der Waals surface area contributed by atoms with Crippen LogP contribution in [-0.2, 0) is 23.8 Å². The van der Waals surface area contributed by atoms with Gasteiger partial charge in [0.05, 0.1) is 43.5 Å². The summed E-state index contributed by atoms with van der Waals surface area (Å²) in [6.07, 6.45) is 3.32. The van der Waals surface area contributed by atoms with Crippen LogP contribution in [0.3, 0.4) is 0 Å². The van der Waals surface area contributed by atoms with Crippen LogP contribution in [0.2, 0.25) is 0 Å². The Morgan fingerprint density at radius 3 is 2.43 bits per heavy atom. The second-order valence-corrected chi connectivity index (χ2v) is 7.97. The number of nitrogens with zero attached hydrogens (tertiary/aromatic N) is 2. The van der Waals surface area contributed by atoms with E-state index in [9.17, 15) is 14.4 Å². The molecule has 1 unspecified atom stereocenters. The Balaban J connectivity index is 1.38. The minimum Gasteiger partial charge on any atom is -0.462 e. The van der Waals surface area contributed by atoms with E-state index < -0.39 is 17.8 Å². The smallest absolute Gasteiger partial charge is 0.338 e. The lowest BCUT2D eigenvalue weighted by Gasteiger charge is -2.39. The molecule has 8 nitrogen and oxygen atoms in total. The molecule has 0 N–H and O–H groups in total. The zero-order chi connectivity index (χ0) is 21.1. The van der Waals surface area contributed by atoms with Crippen molar-refractivity contribution < 1.29 is 28.6 Å². The van der Waals surface area contributed by atoms with Gasteiger partial charge in [-0.05, 0) is 30.7 Å². The summed E-state index contributed by atoms with van der Waals surface area (Å²) in [7, 11) is 0. The maximum Gasteiger partial charge on any atom is 0.338 e. The van der Waals surface area contributed by atoms with Gasteiger partial charge in [-0.25, -0.2) is 9.69 Å². The highest BCUT2D eigenvalue weighted by molar-refractivity contribution is 6.22. The molecule has 0 saturated carbocycles. The zero-order valence-corrected chi connectivity index (χ0v) is 17.3. The number of piperidine rings is 1. The largest absolute Gasteiger partial charge is 0.462 e. The van der Waals surface area contributed by atoms with Crippen LogP contribution in [0.1, 0.15) is 49.4 Å². The van der Waals surface area contributed by atoms with Gasteiger partial charge in [-0.15, -0.1) is 0 Å². The van der Waals surface area contributed by atoms with Crippen LogP contribution in [0.4, 0.5) is 5.69 Å². The quantitative estimate of drug-likeness (QED) is 0.399. The molecule has 3 fully saturated rings. The standard InChI is InChI=1S/C22H28N2O6/c1-2-3-12-28-21(27)16-4-6-17(7-5-16)24-19(25)15-18(20(24)26)23-10-8-22(9-11-23)29-13-14-30-22/h4-7,18H,2-3,8-15H2,1H3. The first-order valence-corrected chi connectivity index (χ1v) is 10.7. The maximum absolute atomic E-state index is 13.0. The van der Waals surface area contributed by atoms with Crippen LogP contribution in [0.15, 0.2) is 24.3 Å². The third kappa shape index (κ3) is 4.12. The van der Waals surface area contributed by atoms with Crippen molar-refractivity contribution in [2.45, 2.75) is 50.9 Å². The molecule has 2 amide bonds. The lowest BCUT2D eigenvalue weighted by Crippen LogP contribution is -2.51. The molecule has 1 spiro atoms. The molecule has 3 saturated heterocycles. The summed E-state index contributed by atoms with van der Waals surface area (Å²) < 4.78 is 16.7. The Kier molecular flexibility index (Phi) is 6.17. The van der Waals surface area contributed by atoms with Crippen LogP contribution in [-0.4, -0.2) is 67.4 Å². The molecule has 1 atom stereocenters. The van der Waals surface area contributed by atoms with E-state index >= 15 is 0 Å². The number of imide groups is 1. The second kappa shape index (κ2) is 8.83. The van der Waals surface area contributed by atoms with Crippen molar-refractivity contribution in [2.24, 2.45) is 0 Å². The number of rotatable bonds is 6. The minimum absolute atomic E-state index is 0.161. The Morgan fingerprint density at radius 2 is 1.80 bits per heavy atom. The molecular weight excluding hydrogens is 388 g/mol. The average Bonchev–Trinajstić information content (AvgIpc) is 3.33. The lowest BCUT2D eigenvalue weighted by atomic mass is 10.0. The number of hydrogen-bond acceptors (Lipinski definition) is 7. The molecule has 0 aromatic heterocycles. The van der Waals surface area contributed by atoms with Crippen LogP contribution in [0.25, 0.3) is 0 Å². The van der Waals surface area contributed by atoms with E-state index in [0.29, 0.717) is 57.0 Å². The van der Waals surface area contributed by atoms with Crippen molar-refractivity contribution in [2.75, 3.05) is 37.8 Å². The van der Waals surface area contributed by atoms with Crippen LogP contribution >= 0.6 is 0 Å². The number of likely N-dealkylation sites (tertiary alicyclic amines) is 1. The molecule has 3 aliphatic heterocycles. The summed E-state index contributed by atoms with van der Waals surface area (Å²) in [5.74, 6) is -1.35. The molecule has 4 rings (SSSR count). The van der Waals surface area contributed by atoms with Gasteiger partial charge >= 0.3 is 5.97 Å². The van der Waals surface area contributed by atoms with Crippen molar-refractivity contribution >= 4 is 23.5 Å². The minimum atomic E-state index is -0.510. The van der Waals surface area contributed by atoms with Crippen molar-refractivity contribution in [3.8, 4) is 0 Å². The topological polar surface area (TPSA) is 85.4 Å². The molecular formula is C22H28N2O6. The van der Waals surface area contributed by atoms with E-state index in [-0.39, 0.29) is 18.2 Å². The van der Waals surface area contributed by atoms with E-state index in [1.54, 1.807) is 24.3 Å². The fraction of sp³-hybridized carbons (Fsp3) is 0.591.